The lowest BCUT2D eigenvalue weighted by atomic mass is 9.90. The summed E-state index contributed by atoms with van der Waals surface area (Å²) < 4.78 is 29.9. The van der Waals surface area contributed by atoms with Crippen LogP contribution in [0.1, 0.15) is 50.0 Å². The number of alkyl halides is 2. The maximum absolute atomic E-state index is 13.0. The normalized spacial score (nSPS) is 17.4. The van der Waals surface area contributed by atoms with E-state index in [-0.39, 0.29) is 47.8 Å². The Morgan fingerprint density at radius 3 is 2.71 bits per heavy atom. The Balaban J connectivity index is 1.72. The number of hydrogen-bond donors (Lipinski definition) is 3. The number of aromatic nitrogens is 1. The zero-order valence-electron chi connectivity index (χ0n) is 19.1. The molecule has 0 saturated carbocycles. The van der Waals surface area contributed by atoms with Crippen LogP contribution in [0.15, 0.2) is 24.3 Å². The minimum absolute atomic E-state index is 0.0490. The Hall–Kier alpha value is -3.48. The lowest BCUT2D eigenvalue weighted by molar-refractivity contribution is -0.127. The zero-order chi connectivity index (χ0) is 24.8. The molecule has 8 nitrogen and oxygen atoms in total. The Morgan fingerprint density at radius 2 is 2.09 bits per heavy atom. The maximum atomic E-state index is 13.0. The van der Waals surface area contributed by atoms with Crippen LogP contribution < -0.4 is 15.4 Å². The topological polar surface area (TPSA) is 124 Å². The number of nitrogens with zero attached hydrogens (tertiary/aromatic N) is 1. The monoisotopic (exact) mass is 474 g/mol. The number of ether oxygens (including phenoxy) is 1. The van der Waals surface area contributed by atoms with Gasteiger partial charge in [0.2, 0.25) is 11.8 Å². The molecule has 1 aromatic heterocycles. The van der Waals surface area contributed by atoms with Gasteiger partial charge in [0.25, 0.3) is 0 Å². The summed E-state index contributed by atoms with van der Waals surface area (Å²) >= 11 is 0. The number of nitrogens with one attached hydrogen (secondary N) is 3. The molecule has 34 heavy (non-hydrogen) atoms. The van der Waals surface area contributed by atoms with Crippen molar-refractivity contribution in [3.8, 4) is 11.8 Å². The van der Waals surface area contributed by atoms with E-state index in [0.717, 1.165) is 0 Å². The summed E-state index contributed by atoms with van der Waals surface area (Å²) in [5.74, 6) is -1.87. The average molecular weight is 475 g/mol. The molecule has 0 radical (unpaired) electrons. The van der Waals surface area contributed by atoms with Crippen LogP contribution in [0.4, 0.5) is 8.78 Å². The fourth-order valence-corrected chi connectivity index (χ4v) is 4.25. The number of hydrogen-bond acceptors (Lipinski definition) is 5. The van der Waals surface area contributed by atoms with Gasteiger partial charge in [-0.25, -0.2) is 0 Å². The second kappa shape index (κ2) is 11.1. The van der Waals surface area contributed by atoms with Gasteiger partial charge in [-0.3, -0.25) is 14.4 Å². The first-order valence-electron chi connectivity index (χ1n) is 11.2. The average Bonchev–Trinajstić information content (AvgIpc) is 3.39. The third-order valence-corrected chi connectivity index (χ3v) is 5.85. The number of amides is 2. The molecule has 3 rings (SSSR count). The Bertz CT molecular complexity index is 1090. The van der Waals surface area contributed by atoms with E-state index in [2.05, 4.69) is 20.4 Å². The Labute approximate surface area is 196 Å². The van der Waals surface area contributed by atoms with Gasteiger partial charge in [-0.05, 0) is 43.4 Å². The number of carbonyl (C=O) groups is 3. The molecule has 3 atom stereocenters. The second-order valence-electron chi connectivity index (χ2n) is 8.94. The molecule has 0 aliphatic carbocycles. The van der Waals surface area contributed by atoms with Gasteiger partial charge < -0.3 is 20.4 Å². The third-order valence-electron chi connectivity index (χ3n) is 5.85. The number of ketones is 1. The summed E-state index contributed by atoms with van der Waals surface area (Å²) in [5, 5.41) is 15.2. The molecule has 2 amide bonds. The molecule has 1 fully saturated rings. The lowest BCUT2D eigenvalue weighted by Gasteiger charge is -2.21. The molecule has 0 spiro atoms. The summed E-state index contributed by atoms with van der Waals surface area (Å²) in [5.41, 5.74) is 0.645. The van der Waals surface area contributed by atoms with Crippen molar-refractivity contribution >= 4 is 28.5 Å². The molecule has 182 valence electrons. The molecule has 2 heterocycles. The van der Waals surface area contributed by atoms with Gasteiger partial charge >= 0.3 is 6.61 Å². The minimum atomic E-state index is -3.00. The molecule has 1 saturated heterocycles. The highest BCUT2D eigenvalue weighted by atomic mass is 19.3. The Morgan fingerprint density at radius 1 is 1.32 bits per heavy atom. The number of carbonyl (C=O) groups excluding carboxylic acids is 3. The van der Waals surface area contributed by atoms with Crippen molar-refractivity contribution in [2.75, 3.05) is 6.54 Å². The molecule has 3 N–H and O–H groups in total. The number of rotatable bonds is 11. The molecule has 1 aromatic carbocycles. The van der Waals surface area contributed by atoms with Gasteiger partial charge in [0.1, 0.15) is 11.8 Å². The molecule has 0 bridgehead atoms. The smallest absolute Gasteiger partial charge is 0.387 e. The van der Waals surface area contributed by atoms with Crippen LogP contribution in [-0.2, 0) is 9.59 Å². The first-order valence-corrected chi connectivity index (χ1v) is 11.2. The quantitative estimate of drug-likeness (QED) is 0.430. The van der Waals surface area contributed by atoms with Crippen molar-refractivity contribution in [3.63, 3.8) is 0 Å². The molecule has 10 heteroatoms. The first kappa shape index (κ1) is 25.1. The van der Waals surface area contributed by atoms with Crippen molar-refractivity contribution < 1.29 is 27.9 Å². The van der Waals surface area contributed by atoms with Crippen LogP contribution in [0.5, 0.6) is 5.75 Å². The molecular formula is C24H28F2N4O4. The van der Waals surface area contributed by atoms with Gasteiger partial charge in [-0.1, -0.05) is 19.9 Å². The highest BCUT2D eigenvalue weighted by Crippen LogP contribution is 2.29. The number of halogens is 2. The number of fused-ring (bicyclic) bond motifs is 1. The van der Waals surface area contributed by atoms with Gasteiger partial charge in [-0.2, -0.15) is 14.0 Å². The fourth-order valence-electron chi connectivity index (χ4n) is 4.25. The number of benzene rings is 1. The van der Waals surface area contributed by atoms with Crippen molar-refractivity contribution in [1.29, 1.82) is 5.26 Å². The SMILES string of the molecule is CC(C)C[C@H](CC(=O)c1cc2c(OC(F)F)cccc2[nH]1)C(=O)N[C@H](C#N)C[C@@H]1CCNC1=O. The van der Waals surface area contributed by atoms with E-state index in [1.807, 2.05) is 19.9 Å². The maximum Gasteiger partial charge on any atom is 0.387 e. The number of Topliss-reactive ketones (excluding diaryl/α,β-unsaturated/α-hetero) is 1. The number of aromatic amines is 1. The van der Waals surface area contributed by atoms with E-state index in [9.17, 15) is 28.4 Å². The highest BCUT2D eigenvalue weighted by Gasteiger charge is 2.30. The molecule has 1 aliphatic rings. The van der Waals surface area contributed by atoms with Crippen molar-refractivity contribution in [2.24, 2.45) is 17.8 Å². The van der Waals surface area contributed by atoms with Crippen LogP contribution in [0, 0.1) is 29.1 Å². The van der Waals surface area contributed by atoms with E-state index in [0.29, 0.717) is 30.3 Å². The second-order valence-corrected chi connectivity index (χ2v) is 8.94. The lowest BCUT2D eigenvalue weighted by Crippen LogP contribution is -2.41. The highest BCUT2D eigenvalue weighted by molar-refractivity contribution is 6.02. The van der Waals surface area contributed by atoms with Crippen molar-refractivity contribution in [2.45, 2.75) is 52.2 Å². The molecule has 0 unspecified atom stereocenters. The van der Waals surface area contributed by atoms with Gasteiger partial charge in [0.05, 0.1) is 11.8 Å². The van der Waals surface area contributed by atoms with Crippen LogP contribution in [0.2, 0.25) is 0 Å². The van der Waals surface area contributed by atoms with Crippen molar-refractivity contribution in [1.82, 2.24) is 15.6 Å². The minimum Gasteiger partial charge on any atom is -0.434 e. The summed E-state index contributed by atoms with van der Waals surface area (Å²) in [6.07, 6.45) is 1.12. The van der Waals surface area contributed by atoms with E-state index >= 15 is 0 Å². The van der Waals surface area contributed by atoms with Gasteiger partial charge in [0.15, 0.2) is 5.78 Å². The van der Waals surface area contributed by atoms with Gasteiger partial charge in [-0.15, -0.1) is 0 Å². The number of nitriles is 1. The van der Waals surface area contributed by atoms with E-state index < -0.39 is 24.5 Å². The standard InChI is InChI=1S/C24H28F2N4O4/c1-13(2)8-15(23(33)29-16(12-27)9-14-6-7-28-22(14)32)10-20(31)19-11-17-18(30-19)4-3-5-21(17)34-24(25)26/h3-5,11,13-16,24,30H,6-10H2,1-2H3,(H,28,32)(H,29,33)/t14-,15+,16-/m0/s1. The fraction of sp³-hybridized carbons (Fsp3) is 0.500. The number of H-pyrrole nitrogens is 1. The van der Waals surface area contributed by atoms with Gasteiger partial charge in [0, 0.05) is 35.7 Å². The molecule has 1 aliphatic heterocycles. The molecule has 2 aromatic rings. The van der Waals surface area contributed by atoms with Crippen LogP contribution in [-0.4, -0.2) is 41.8 Å². The zero-order valence-corrected chi connectivity index (χ0v) is 19.1. The first-order chi connectivity index (χ1) is 16.2. The van der Waals surface area contributed by atoms with Crippen LogP contribution >= 0.6 is 0 Å². The predicted molar refractivity (Wildman–Crippen MR) is 120 cm³/mol. The summed E-state index contributed by atoms with van der Waals surface area (Å²) in [4.78, 5) is 40.7. The summed E-state index contributed by atoms with van der Waals surface area (Å²) in [6.45, 7) is 1.40. The van der Waals surface area contributed by atoms with E-state index in [1.54, 1.807) is 6.07 Å². The predicted octanol–water partition coefficient (Wildman–Crippen LogP) is 3.54. The van der Waals surface area contributed by atoms with E-state index in [1.165, 1.54) is 18.2 Å². The summed E-state index contributed by atoms with van der Waals surface area (Å²) in [6, 6.07) is 7.20. The van der Waals surface area contributed by atoms with Crippen LogP contribution in [0.25, 0.3) is 10.9 Å². The largest absolute Gasteiger partial charge is 0.434 e. The van der Waals surface area contributed by atoms with Crippen LogP contribution in [0.3, 0.4) is 0 Å². The third kappa shape index (κ3) is 6.31. The summed E-state index contributed by atoms with van der Waals surface area (Å²) in [7, 11) is 0. The molecular weight excluding hydrogens is 446 g/mol. The Kier molecular flexibility index (Phi) is 8.21. The van der Waals surface area contributed by atoms with E-state index in [4.69, 9.17) is 0 Å². The van der Waals surface area contributed by atoms with Crippen molar-refractivity contribution in [3.05, 3.63) is 30.0 Å².